The van der Waals surface area contributed by atoms with Gasteiger partial charge in [-0.3, -0.25) is 0 Å². The standard InChI is InChI=1S/C13H14N2O3/c1-7-10(13(16)17)11(14)12(15-7)8-3-5-9(18-2)6-4-8/h3-6,15H,14H2,1-2H3,(H,16,17). The molecule has 0 saturated carbocycles. The number of nitrogens with two attached hydrogens (primary N) is 1. The second kappa shape index (κ2) is 4.44. The van der Waals surface area contributed by atoms with Gasteiger partial charge in [0.1, 0.15) is 11.3 Å². The van der Waals surface area contributed by atoms with Crippen molar-refractivity contribution in [3.8, 4) is 17.0 Å². The quantitative estimate of drug-likeness (QED) is 0.775. The Morgan fingerprint density at radius 2 is 1.94 bits per heavy atom. The minimum atomic E-state index is -1.03. The van der Waals surface area contributed by atoms with Crippen LogP contribution in [0.4, 0.5) is 5.69 Å². The fourth-order valence-electron chi connectivity index (χ4n) is 1.91. The molecule has 0 radical (unpaired) electrons. The normalized spacial score (nSPS) is 10.3. The number of rotatable bonds is 3. The van der Waals surface area contributed by atoms with E-state index in [4.69, 9.17) is 15.6 Å². The first kappa shape index (κ1) is 12.0. The van der Waals surface area contributed by atoms with Crippen LogP contribution in [0.2, 0.25) is 0 Å². The number of aromatic nitrogens is 1. The summed E-state index contributed by atoms with van der Waals surface area (Å²) in [5.41, 5.74) is 8.23. The number of methoxy groups -OCH3 is 1. The Kier molecular flexibility index (Phi) is 2.97. The van der Waals surface area contributed by atoms with E-state index in [1.165, 1.54) is 0 Å². The number of ether oxygens (including phenoxy) is 1. The van der Waals surface area contributed by atoms with E-state index >= 15 is 0 Å². The molecule has 1 aromatic carbocycles. The van der Waals surface area contributed by atoms with Crippen molar-refractivity contribution < 1.29 is 14.6 Å². The zero-order valence-corrected chi connectivity index (χ0v) is 10.2. The van der Waals surface area contributed by atoms with Crippen molar-refractivity contribution in [2.45, 2.75) is 6.92 Å². The smallest absolute Gasteiger partial charge is 0.339 e. The largest absolute Gasteiger partial charge is 0.497 e. The van der Waals surface area contributed by atoms with Gasteiger partial charge in [-0.15, -0.1) is 0 Å². The lowest BCUT2D eigenvalue weighted by Crippen LogP contribution is -2.01. The van der Waals surface area contributed by atoms with Gasteiger partial charge in [0.2, 0.25) is 0 Å². The highest BCUT2D eigenvalue weighted by molar-refractivity contribution is 5.99. The molecule has 0 atom stereocenters. The maximum atomic E-state index is 11.1. The average molecular weight is 246 g/mol. The fraction of sp³-hybridized carbons (Fsp3) is 0.154. The molecule has 1 aromatic heterocycles. The van der Waals surface area contributed by atoms with Crippen LogP contribution in [-0.4, -0.2) is 23.2 Å². The lowest BCUT2D eigenvalue weighted by Gasteiger charge is -2.03. The van der Waals surface area contributed by atoms with Crippen LogP contribution in [-0.2, 0) is 0 Å². The third kappa shape index (κ3) is 1.90. The molecule has 0 saturated heterocycles. The topological polar surface area (TPSA) is 88.3 Å². The van der Waals surface area contributed by atoms with Crippen molar-refractivity contribution in [3.63, 3.8) is 0 Å². The number of aromatic amines is 1. The number of anilines is 1. The van der Waals surface area contributed by atoms with Gasteiger partial charge in [-0.1, -0.05) is 0 Å². The third-order valence-corrected chi connectivity index (χ3v) is 2.82. The van der Waals surface area contributed by atoms with E-state index < -0.39 is 5.97 Å². The van der Waals surface area contributed by atoms with Gasteiger partial charge in [0, 0.05) is 11.3 Å². The van der Waals surface area contributed by atoms with E-state index in [1.807, 2.05) is 12.1 Å². The van der Waals surface area contributed by atoms with Crippen LogP contribution >= 0.6 is 0 Å². The summed E-state index contributed by atoms with van der Waals surface area (Å²) in [6, 6.07) is 7.25. The van der Waals surface area contributed by atoms with Crippen LogP contribution in [0.1, 0.15) is 16.1 Å². The van der Waals surface area contributed by atoms with Crippen molar-refractivity contribution in [1.82, 2.24) is 4.98 Å². The minimum Gasteiger partial charge on any atom is -0.497 e. The van der Waals surface area contributed by atoms with E-state index in [-0.39, 0.29) is 11.3 Å². The van der Waals surface area contributed by atoms with Crippen molar-refractivity contribution in [1.29, 1.82) is 0 Å². The zero-order chi connectivity index (χ0) is 13.3. The number of nitrogens with one attached hydrogen (secondary N) is 1. The number of aromatic carboxylic acids is 1. The van der Waals surface area contributed by atoms with Crippen LogP contribution in [0.5, 0.6) is 5.75 Å². The molecule has 0 aliphatic rings. The number of carboxylic acid groups (broad SMARTS) is 1. The monoisotopic (exact) mass is 246 g/mol. The molecule has 0 spiro atoms. The molecule has 2 rings (SSSR count). The van der Waals surface area contributed by atoms with Gasteiger partial charge in [-0.25, -0.2) is 4.79 Å². The maximum Gasteiger partial charge on any atom is 0.339 e. The van der Waals surface area contributed by atoms with Crippen LogP contribution in [0.3, 0.4) is 0 Å². The van der Waals surface area contributed by atoms with Crippen LogP contribution in [0, 0.1) is 6.92 Å². The molecule has 5 nitrogen and oxygen atoms in total. The number of H-pyrrole nitrogens is 1. The van der Waals surface area contributed by atoms with Crippen molar-refractivity contribution in [3.05, 3.63) is 35.5 Å². The summed E-state index contributed by atoms with van der Waals surface area (Å²) in [6.07, 6.45) is 0. The Bertz CT molecular complexity index is 585. The molecule has 0 aliphatic carbocycles. The lowest BCUT2D eigenvalue weighted by molar-refractivity contribution is 0.0697. The molecule has 5 heteroatoms. The SMILES string of the molecule is COc1ccc(-c2[nH]c(C)c(C(=O)O)c2N)cc1. The first-order valence-corrected chi connectivity index (χ1v) is 5.40. The van der Waals surface area contributed by atoms with E-state index in [1.54, 1.807) is 26.2 Å². The summed E-state index contributed by atoms with van der Waals surface area (Å²) >= 11 is 0. The van der Waals surface area contributed by atoms with Gasteiger partial charge in [0.05, 0.1) is 18.5 Å². The summed E-state index contributed by atoms with van der Waals surface area (Å²) in [5, 5.41) is 9.07. The number of carboxylic acids is 1. The Labute approximate surface area is 104 Å². The van der Waals surface area contributed by atoms with Gasteiger partial charge in [0.15, 0.2) is 0 Å². The van der Waals surface area contributed by atoms with Gasteiger partial charge in [-0.05, 0) is 31.2 Å². The number of benzene rings is 1. The van der Waals surface area contributed by atoms with Gasteiger partial charge >= 0.3 is 5.97 Å². The van der Waals surface area contributed by atoms with Crippen LogP contribution < -0.4 is 10.5 Å². The van der Waals surface area contributed by atoms with E-state index in [0.717, 1.165) is 11.3 Å². The fourth-order valence-corrected chi connectivity index (χ4v) is 1.91. The molecule has 2 aromatic rings. The highest BCUT2D eigenvalue weighted by atomic mass is 16.5. The molecule has 0 bridgehead atoms. The summed E-state index contributed by atoms with van der Waals surface area (Å²) in [4.78, 5) is 14.1. The predicted molar refractivity (Wildman–Crippen MR) is 68.9 cm³/mol. The number of hydrogen-bond donors (Lipinski definition) is 3. The maximum absolute atomic E-state index is 11.1. The first-order valence-electron chi connectivity index (χ1n) is 5.40. The molecule has 4 N–H and O–H groups in total. The van der Waals surface area contributed by atoms with E-state index in [2.05, 4.69) is 4.98 Å². The van der Waals surface area contributed by atoms with Gasteiger partial charge in [-0.2, -0.15) is 0 Å². The van der Waals surface area contributed by atoms with E-state index in [9.17, 15) is 4.79 Å². The molecule has 0 aliphatic heterocycles. The van der Waals surface area contributed by atoms with Crippen molar-refractivity contribution in [2.75, 3.05) is 12.8 Å². The molecule has 18 heavy (non-hydrogen) atoms. The number of aryl methyl sites for hydroxylation is 1. The molecule has 94 valence electrons. The predicted octanol–water partition coefficient (Wildman–Crippen LogP) is 2.28. The minimum absolute atomic E-state index is 0.126. The van der Waals surface area contributed by atoms with E-state index in [0.29, 0.717) is 11.4 Å². The first-order chi connectivity index (χ1) is 8.54. The number of hydrogen-bond acceptors (Lipinski definition) is 3. The Hall–Kier alpha value is -2.43. The van der Waals surface area contributed by atoms with Gasteiger partial charge in [0.25, 0.3) is 0 Å². The summed E-state index contributed by atoms with van der Waals surface area (Å²) < 4.78 is 5.07. The van der Waals surface area contributed by atoms with Crippen LogP contribution in [0.25, 0.3) is 11.3 Å². The second-order valence-corrected chi connectivity index (χ2v) is 3.95. The summed E-state index contributed by atoms with van der Waals surface area (Å²) in [5.74, 6) is -0.292. The zero-order valence-electron chi connectivity index (χ0n) is 10.2. The number of carbonyl (C=O) groups is 1. The summed E-state index contributed by atoms with van der Waals surface area (Å²) in [6.45, 7) is 1.69. The highest BCUT2D eigenvalue weighted by Crippen LogP contribution is 2.31. The Balaban J connectivity index is 2.50. The molecular formula is C13H14N2O3. The lowest BCUT2D eigenvalue weighted by atomic mass is 10.1. The second-order valence-electron chi connectivity index (χ2n) is 3.95. The van der Waals surface area contributed by atoms with Gasteiger partial charge < -0.3 is 20.6 Å². The van der Waals surface area contributed by atoms with Crippen molar-refractivity contribution >= 4 is 11.7 Å². The molecule has 1 heterocycles. The molecular weight excluding hydrogens is 232 g/mol. The molecule has 0 unspecified atom stereocenters. The Morgan fingerprint density at radius 3 is 2.39 bits per heavy atom. The third-order valence-electron chi connectivity index (χ3n) is 2.82. The Morgan fingerprint density at radius 1 is 1.33 bits per heavy atom. The van der Waals surface area contributed by atoms with Crippen molar-refractivity contribution in [2.24, 2.45) is 0 Å². The molecule has 0 fully saturated rings. The molecule has 0 amide bonds. The van der Waals surface area contributed by atoms with Crippen LogP contribution in [0.15, 0.2) is 24.3 Å². The average Bonchev–Trinajstić information content (AvgIpc) is 2.65. The highest BCUT2D eigenvalue weighted by Gasteiger charge is 2.18. The summed E-state index contributed by atoms with van der Waals surface area (Å²) in [7, 11) is 1.59. The number of nitrogen functional groups attached to an aromatic ring is 1.